The lowest BCUT2D eigenvalue weighted by Gasteiger charge is -2.04. The minimum absolute atomic E-state index is 0.0143. The molecule has 2 aromatic heterocycles. The zero-order valence-corrected chi connectivity index (χ0v) is 9.62. The van der Waals surface area contributed by atoms with E-state index in [0.29, 0.717) is 17.0 Å². The number of phenols is 1. The van der Waals surface area contributed by atoms with Gasteiger partial charge >= 0.3 is 0 Å². The number of pyridine rings is 1. The van der Waals surface area contributed by atoms with Gasteiger partial charge in [0.05, 0.1) is 5.56 Å². The minimum Gasteiger partial charge on any atom is -0.508 e. The van der Waals surface area contributed by atoms with Crippen LogP contribution in [0.5, 0.6) is 5.75 Å². The van der Waals surface area contributed by atoms with Crippen LogP contribution < -0.4 is 0 Å². The third-order valence-electron chi connectivity index (χ3n) is 2.61. The summed E-state index contributed by atoms with van der Waals surface area (Å²) in [5, 5.41) is 16.8. The zero-order chi connectivity index (χ0) is 13.2. The molecule has 6 heteroatoms. The van der Waals surface area contributed by atoms with Crippen molar-refractivity contribution in [2.75, 3.05) is 0 Å². The Labute approximate surface area is 107 Å². The molecule has 3 aromatic rings. The Kier molecular flexibility index (Phi) is 2.68. The average Bonchev–Trinajstić information content (AvgIpc) is 2.96. The van der Waals surface area contributed by atoms with E-state index in [4.69, 9.17) is 4.42 Å². The number of halogens is 1. The second-order valence-electron chi connectivity index (χ2n) is 3.87. The Morgan fingerprint density at radius 3 is 2.74 bits per heavy atom. The van der Waals surface area contributed by atoms with Crippen molar-refractivity contribution in [1.29, 1.82) is 0 Å². The molecule has 0 spiro atoms. The number of aromatic hydroxyl groups is 1. The molecule has 0 saturated carbocycles. The van der Waals surface area contributed by atoms with Crippen LogP contribution in [0, 0.1) is 5.82 Å². The van der Waals surface area contributed by atoms with E-state index in [0.717, 1.165) is 0 Å². The molecular weight excluding hydrogens is 249 g/mol. The average molecular weight is 257 g/mol. The van der Waals surface area contributed by atoms with Gasteiger partial charge in [0, 0.05) is 23.5 Å². The van der Waals surface area contributed by atoms with Crippen LogP contribution in [0.1, 0.15) is 0 Å². The largest absolute Gasteiger partial charge is 0.508 e. The van der Waals surface area contributed by atoms with Gasteiger partial charge in [-0.2, -0.15) is 0 Å². The molecule has 1 aromatic carbocycles. The maximum atomic E-state index is 13.7. The van der Waals surface area contributed by atoms with Crippen LogP contribution in [0.2, 0.25) is 0 Å². The van der Waals surface area contributed by atoms with Crippen LogP contribution in [0.25, 0.3) is 22.6 Å². The number of aromatic nitrogens is 3. The molecule has 0 radical (unpaired) electrons. The van der Waals surface area contributed by atoms with Crippen molar-refractivity contribution in [3.8, 4) is 28.3 Å². The molecule has 0 aliphatic heterocycles. The second kappa shape index (κ2) is 4.49. The maximum absolute atomic E-state index is 13.7. The van der Waals surface area contributed by atoms with E-state index in [1.54, 1.807) is 6.07 Å². The van der Waals surface area contributed by atoms with Crippen LogP contribution in [0.15, 0.2) is 47.5 Å². The highest BCUT2D eigenvalue weighted by Gasteiger charge is 2.10. The van der Waals surface area contributed by atoms with E-state index in [1.165, 1.54) is 37.0 Å². The summed E-state index contributed by atoms with van der Waals surface area (Å²) in [7, 11) is 0. The van der Waals surface area contributed by atoms with Gasteiger partial charge in [-0.25, -0.2) is 4.39 Å². The molecule has 0 aliphatic rings. The molecular formula is C13H8FN3O2. The first kappa shape index (κ1) is 11.3. The smallest absolute Gasteiger partial charge is 0.249 e. The molecule has 0 amide bonds. The molecule has 0 unspecified atom stereocenters. The predicted molar refractivity (Wildman–Crippen MR) is 64.6 cm³/mol. The molecule has 94 valence electrons. The van der Waals surface area contributed by atoms with Crippen molar-refractivity contribution in [3.63, 3.8) is 0 Å². The summed E-state index contributed by atoms with van der Waals surface area (Å²) in [6, 6.07) is 5.49. The Hall–Kier alpha value is -2.76. The third-order valence-corrected chi connectivity index (χ3v) is 2.61. The quantitative estimate of drug-likeness (QED) is 0.764. The van der Waals surface area contributed by atoms with Crippen molar-refractivity contribution in [3.05, 3.63) is 48.9 Å². The summed E-state index contributed by atoms with van der Waals surface area (Å²) in [5.74, 6) is -0.156. The summed E-state index contributed by atoms with van der Waals surface area (Å²) < 4.78 is 18.8. The highest BCUT2D eigenvalue weighted by atomic mass is 19.1. The number of phenolic OH excluding ortho intramolecular Hbond substituents is 1. The van der Waals surface area contributed by atoms with Gasteiger partial charge in [0.1, 0.15) is 11.6 Å². The fraction of sp³-hybridized carbons (Fsp3) is 0. The SMILES string of the molecule is Oc1ccc(F)c(-c2cncc(-c3nnco3)c2)c1. The van der Waals surface area contributed by atoms with Gasteiger partial charge in [-0.05, 0) is 24.3 Å². The number of nitrogens with zero attached hydrogens (tertiary/aromatic N) is 3. The number of benzene rings is 1. The van der Waals surface area contributed by atoms with Gasteiger partial charge in [0.2, 0.25) is 12.3 Å². The predicted octanol–water partition coefficient (Wildman–Crippen LogP) is 2.64. The Balaban J connectivity index is 2.11. The van der Waals surface area contributed by atoms with Gasteiger partial charge in [-0.15, -0.1) is 10.2 Å². The van der Waals surface area contributed by atoms with Crippen molar-refractivity contribution >= 4 is 0 Å². The van der Waals surface area contributed by atoms with Crippen LogP contribution in [0.3, 0.4) is 0 Å². The molecule has 3 rings (SSSR count). The fourth-order valence-corrected chi connectivity index (χ4v) is 1.74. The first-order valence-corrected chi connectivity index (χ1v) is 5.44. The fourth-order valence-electron chi connectivity index (χ4n) is 1.74. The lowest BCUT2D eigenvalue weighted by Crippen LogP contribution is -1.87. The summed E-state index contributed by atoms with van der Waals surface area (Å²) >= 11 is 0. The topological polar surface area (TPSA) is 72.0 Å². The summed E-state index contributed by atoms with van der Waals surface area (Å²) in [6.07, 6.45) is 4.24. The van der Waals surface area contributed by atoms with Gasteiger partial charge in [-0.1, -0.05) is 0 Å². The minimum atomic E-state index is -0.442. The molecule has 0 atom stereocenters. The van der Waals surface area contributed by atoms with Crippen molar-refractivity contribution < 1.29 is 13.9 Å². The molecule has 19 heavy (non-hydrogen) atoms. The highest BCUT2D eigenvalue weighted by molar-refractivity contribution is 5.69. The summed E-state index contributed by atoms with van der Waals surface area (Å²) in [6.45, 7) is 0. The lowest BCUT2D eigenvalue weighted by atomic mass is 10.1. The number of hydrogen-bond donors (Lipinski definition) is 1. The van der Waals surface area contributed by atoms with Crippen LogP contribution in [0.4, 0.5) is 4.39 Å². The van der Waals surface area contributed by atoms with E-state index in [9.17, 15) is 9.50 Å². The number of hydrogen-bond acceptors (Lipinski definition) is 5. The summed E-state index contributed by atoms with van der Waals surface area (Å²) in [5.41, 5.74) is 1.36. The first-order chi connectivity index (χ1) is 9.24. The standard InChI is InChI=1S/C13H8FN3O2/c14-12-2-1-10(18)4-11(12)8-3-9(6-15-5-8)13-17-16-7-19-13/h1-7,18H. The molecule has 0 fully saturated rings. The maximum Gasteiger partial charge on any atom is 0.249 e. The van der Waals surface area contributed by atoms with Crippen LogP contribution >= 0.6 is 0 Å². The van der Waals surface area contributed by atoms with Gasteiger partial charge in [-0.3, -0.25) is 4.98 Å². The molecule has 1 N–H and O–H groups in total. The van der Waals surface area contributed by atoms with Gasteiger partial charge in [0.25, 0.3) is 0 Å². The van der Waals surface area contributed by atoms with E-state index in [1.807, 2.05) is 0 Å². The molecule has 2 heterocycles. The monoisotopic (exact) mass is 257 g/mol. The normalized spacial score (nSPS) is 10.6. The van der Waals surface area contributed by atoms with E-state index >= 15 is 0 Å². The van der Waals surface area contributed by atoms with E-state index in [2.05, 4.69) is 15.2 Å². The van der Waals surface area contributed by atoms with Crippen LogP contribution in [-0.4, -0.2) is 20.3 Å². The highest BCUT2D eigenvalue weighted by Crippen LogP contribution is 2.28. The molecule has 5 nitrogen and oxygen atoms in total. The summed E-state index contributed by atoms with van der Waals surface area (Å²) in [4.78, 5) is 4.01. The first-order valence-electron chi connectivity index (χ1n) is 5.44. The second-order valence-corrected chi connectivity index (χ2v) is 3.87. The zero-order valence-electron chi connectivity index (χ0n) is 9.62. The van der Waals surface area contributed by atoms with Gasteiger partial charge in [0.15, 0.2) is 0 Å². The number of rotatable bonds is 2. The van der Waals surface area contributed by atoms with Crippen molar-refractivity contribution in [2.24, 2.45) is 0 Å². The Morgan fingerprint density at radius 2 is 1.95 bits per heavy atom. The lowest BCUT2D eigenvalue weighted by molar-refractivity contribution is 0.473. The Bertz CT molecular complexity index is 714. The van der Waals surface area contributed by atoms with E-state index in [-0.39, 0.29) is 11.3 Å². The molecule has 0 bridgehead atoms. The van der Waals surface area contributed by atoms with Crippen molar-refractivity contribution in [1.82, 2.24) is 15.2 Å². The van der Waals surface area contributed by atoms with Crippen LogP contribution in [-0.2, 0) is 0 Å². The molecule has 0 aliphatic carbocycles. The molecule has 0 saturated heterocycles. The van der Waals surface area contributed by atoms with E-state index < -0.39 is 5.82 Å². The van der Waals surface area contributed by atoms with Crippen molar-refractivity contribution in [2.45, 2.75) is 0 Å². The Morgan fingerprint density at radius 1 is 1.11 bits per heavy atom. The third kappa shape index (κ3) is 2.15. The van der Waals surface area contributed by atoms with Gasteiger partial charge < -0.3 is 9.52 Å².